The number of aliphatic carboxylic acids is 1. The molecule has 1 heterocycles. The molecule has 0 aliphatic rings. The standard InChI is InChI=1S/C26H45N11O8/c1-13(2)7-18(23(42)32-10-19(39)35-17(25(44)45)5-4-6-31-26(28)29)36-20(40)11-33-24(43)21(14(3)38)37-22(41)16(27)8-15-9-30-12-34-15/h9,12-14,16-18,21,38H,4-8,10-11,27H2,1-3H3,(H,30,34)(H,32,42)(H,33,43)(H,35,39)(H,36,40)(H,37,41)(H,44,45)(H4,28,29,31)/t14-,16+,17+,18+,21+/m1/s1. The van der Waals surface area contributed by atoms with Gasteiger partial charge in [-0.15, -0.1) is 0 Å². The van der Waals surface area contributed by atoms with Crippen LogP contribution in [0.5, 0.6) is 0 Å². The molecule has 5 atom stereocenters. The Morgan fingerprint density at radius 2 is 1.53 bits per heavy atom. The van der Waals surface area contributed by atoms with E-state index in [0.717, 1.165) is 0 Å². The van der Waals surface area contributed by atoms with Crippen LogP contribution in [0.3, 0.4) is 0 Å². The summed E-state index contributed by atoms with van der Waals surface area (Å²) in [5.41, 5.74) is 11.6. The molecule has 19 nitrogen and oxygen atoms in total. The van der Waals surface area contributed by atoms with Crippen LogP contribution in [0.4, 0.5) is 0 Å². The van der Waals surface area contributed by atoms with Crippen molar-refractivity contribution in [2.75, 3.05) is 19.6 Å². The van der Waals surface area contributed by atoms with Gasteiger partial charge in [-0.05, 0) is 32.1 Å². The predicted octanol–water partition coefficient (Wildman–Crippen LogP) is -4.26. The van der Waals surface area contributed by atoms with Gasteiger partial charge in [-0.3, -0.25) is 29.4 Å². The molecule has 0 aliphatic carbocycles. The minimum Gasteiger partial charge on any atom is -0.480 e. The van der Waals surface area contributed by atoms with Gasteiger partial charge in [-0.2, -0.15) is 0 Å². The highest BCUT2D eigenvalue weighted by Gasteiger charge is 2.29. The Balaban J connectivity index is 2.65. The highest BCUT2D eigenvalue weighted by molar-refractivity contribution is 5.94. The van der Waals surface area contributed by atoms with Gasteiger partial charge < -0.3 is 58.6 Å². The van der Waals surface area contributed by atoms with E-state index in [-0.39, 0.29) is 37.7 Å². The van der Waals surface area contributed by atoms with E-state index in [1.165, 1.54) is 13.3 Å². The highest BCUT2D eigenvalue weighted by Crippen LogP contribution is 2.05. The summed E-state index contributed by atoms with van der Waals surface area (Å²) in [6, 6.07) is -4.82. The molecular formula is C26H45N11O8. The van der Waals surface area contributed by atoms with E-state index in [1.807, 2.05) is 0 Å². The maximum absolute atomic E-state index is 12.8. The summed E-state index contributed by atoms with van der Waals surface area (Å²) in [5.74, 6) is -5.44. The predicted molar refractivity (Wildman–Crippen MR) is 160 cm³/mol. The first-order valence-corrected chi connectivity index (χ1v) is 14.3. The third-order valence-corrected chi connectivity index (χ3v) is 6.21. The van der Waals surface area contributed by atoms with Crippen LogP contribution < -0.4 is 43.4 Å². The van der Waals surface area contributed by atoms with Crippen LogP contribution in [0.2, 0.25) is 0 Å². The molecule has 0 radical (unpaired) electrons. The normalized spacial score (nSPS) is 14.2. The number of hydrogen-bond donors (Lipinski definition) is 12. The van der Waals surface area contributed by atoms with Gasteiger partial charge in [0.1, 0.15) is 18.1 Å². The van der Waals surface area contributed by atoms with Crippen molar-refractivity contribution in [1.29, 1.82) is 5.41 Å². The summed E-state index contributed by atoms with van der Waals surface area (Å²) in [5, 5.41) is 40.8. The van der Waals surface area contributed by atoms with Crippen molar-refractivity contribution in [2.24, 2.45) is 17.4 Å². The molecule has 0 unspecified atom stereocenters. The molecule has 252 valence electrons. The average Bonchev–Trinajstić information content (AvgIpc) is 3.46. The van der Waals surface area contributed by atoms with Crippen LogP contribution >= 0.6 is 0 Å². The van der Waals surface area contributed by atoms with Crippen molar-refractivity contribution in [1.82, 2.24) is 41.9 Å². The number of aromatic amines is 1. The quantitative estimate of drug-likeness (QED) is 0.0367. The second-order valence-corrected chi connectivity index (χ2v) is 10.7. The number of amides is 5. The van der Waals surface area contributed by atoms with Crippen molar-refractivity contribution in [3.63, 3.8) is 0 Å². The molecule has 19 heteroatoms. The lowest BCUT2D eigenvalue weighted by molar-refractivity contribution is -0.142. The number of nitrogens with zero attached hydrogens (tertiary/aromatic N) is 1. The molecule has 5 amide bonds. The number of imidazole rings is 1. The Kier molecular flexibility index (Phi) is 16.6. The molecular weight excluding hydrogens is 594 g/mol. The lowest BCUT2D eigenvalue weighted by atomic mass is 10.0. The first-order chi connectivity index (χ1) is 21.1. The number of aliphatic hydroxyl groups excluding tert-OH is 1. The van der Waals surface area contributed by atoms with Gasteiger partial charge >= 0.3 is 5.97 Å². The molecule has 14 N–H and O–H groups in total. The number of carboxylic acids is 1. The summed E-state index contributed by atoms with van der Waals surface area (Å²) < 4.78 is 0. The Bertz CT molecular complexity index is 1160. The van der Waals surface area contributed by atoms with E-state index in [9.17, 15) is 39.0 Å². The Labute approximate surface area is 259 Å². The van der Waals surface area contributed by atoms with Crippen LogP contribution in [0.25, 0.3) is 0 Å². The number of aromatic nitrogens is 2. The molecule has 0 aromatic carbocycles. The van der Waals surface area contributed by atoms with Crippen LogP contribution in [0, 0.1) is 11.3 Å². The fourth-order valence-corrected chi connectivity index (χ4v) is 3.93. The van der Waals surface area contributed by atoms with Crippen LogP contribution in [-0.2, 0) is 35.2 Å². The monoisotopic (exact) mass is 639 g/mol. The number of hydrogen-bond acceptors (Lipinski definition) is 10. The number of aliphatic hydroxyl groups is 1. The van der Waals surface area contributed by atoms with Crippen molar-refractivity contribution < 1.29 is 39.0 Å². The topological polar surface area (TPSA) is 320 Å². The molecule has 45 heavy (non-hydrogen) atoms. The summed E-state index contributed by atoms with van der Waals surface area (Å²) in [6.07, 6.45) is 2.23. The van der Waals surface area contributed by atoms with Crippen molar-refractivity contribution in [3.05, 3.63) is 18.2 Å². The van der Waals surface area contributed by atoms with Gasteiger partial charge in [-0.1, -0.05) is 13.8 Å². The Hall–Kier alpha value is -4.78. The van der Waals surface area contributed by atoms with Crippen molar-refractivity contribution in [3.8, 4) is 0 Å². The zero-order valence-electron chi connectivity index (χ0n) is 25.5. The van der Waals surface area contributed by atoms with E-state index in [2.05, 4.69) is 41.9 Å². The average molecular weight is 640 g/mol. The maximum Gasteiger partial charge on any atom is 0.326 e. The summed E-state index contributed by atoms with van der Waals surface area (Å²) in [4.78, 5) is 81.0. The number of nitrogens with one attached hydrogen (secondary N) is 8. The van der Waals surface area contributed by atoms with Gasteiger partial charge in [-0.25, -0.2) is 9.78 Å². The zero-order valence-corrected chi connectivity index (χ0v) is 25.5. The SMILES string of the molecule is CC(C)C[C@H](NC(=O)CNC(=O)[C@@H](NC(=O)[C@@H](N)Cc1c[nH]cn1)[C@@H](C)O)C(=O)NCC(=O)N[C@@H](CCCNC(=N)N)C(=O)O. The summed E-state index contributed by atoms with van der Waals surface area (Å²) in [7, 11) is 0. The molecule has 0 saturated carbocycles. The third kappa shape index (κ3) is 15.5. The van der Waals surface area contributed by atoms with Gasteiger partial charge in [0.25, 0.3) is 0 Å². The number of carbonyl (C=O) groups excluding carboxylic acids is 5. The smallest absolute Gasteiger partial charge is 0.326 e. The molecule has 0 fully saturated rings. The highest BCUT2D eigenvalue weighted by atomic mass is 16.4. The molecule has 0 aliphatic heterocycles. The first-order valence-electron chi connectivity index (χ1n) is 14.3. The summed E-state index contributed by atoms with van der Waals surface area (Å²) in [6.45, 7) is 3.94. The fraction of sp³-hybridized carbons (Fsp3) is 0.615. The number of nitrogens with two attached hydrogens (primary N) is 2. The molecule has 0 bridgehead atoms. The zero-order chi connectivity index (χ0) is 34.1. The van der Waals surface area contributed by atoms with Gasteiger partial charge in [0.15, 0.2) is 5.96 Å². The minimum atomic E-state index is -1.43. The first kappa shape index (κ1) is 38.2. The Morgan fingerprint density at radius 3 is 2.04 bits per heavy atom. The summed E-state index contributed by atoms with van der Waals surface area (Å²) >= 11 is 0. The van der Waals surface area contributed by atoms with Crippen molar-refractivity contribution in [2.45, 2.75) is 76.7 Å². The maximum atomic E-state index is 12.8. The molecule has 0 saturated heterocycles. The van der Waals surface area contributed by atoms with E-state index >= 15 is 0 Å². The lowest BCUT2D eigenvalue weighted by Crippen LogP contribution is -2.57. The lowest BCUT2D eigenvalue weighted by Gasteiger charge is -2.23. The van der Waals surface area contributed by atoms with Gasteiger partial charge in [0, 0.05) is 19.2 Å². The van der Waals surface area contributed by atoms with E-state index in [0.29, 0.717) is 12.1 Å². The van der Waals surface area contributed by atoms with Crippen LogP contribution in [0.1, 0.15) is 45.7 Å². The Morgan fingerprint density at radius 1 is 0.933 bits per heavy atom. The van der Waals surface area contributed by atoms with Gasteiger partial charge in [0.2, 0.25) is 29.5 Å². The molecule has 0 spiro atoms. The molecule has 1 aromatic rings. The number of carboxylic acid groups (broad SMARTS) is 1. The largest absolute Gasteiger partial charge is 0.480 e. The van der Waals surface area contributed by atoms with E-state index in [1.54, 1.807) is 20.0 Å². The number of rotatable bonds is 20. The van der Waals surface area contributed by atoms with Crippen molar-refractivity contribution >= 4 is 41.5 Å². The number of guanidine groups is 1. The number of H-pyrrole nitrogens is 1. The fourth-order valence-electron chi connectivity index (χ4n) is 3.93. The van der Waals surface area contributed by atoms with Gasteiger partial charge in [0.05, 0.1) is 37.3 Å². The molecule has 1 aromatic heterocycles. The van der Waals surface area contributed by atoms with Crippen LogP contribution in [0.15, 0.2) is 12.5 Å². The van der Waals surface area contributed by atoms with E-state index in [4.69, 9.17) is 16.9 Å². The third-order valence-electron chi connectivity index (χ3n) is 6.21. The second-order valence-electron chi connectivity index (χ2n) is 10.7. The number of carbonyl (C=O) groups is 6. The van der Waals surface area contributed by atoms with E-state index < -0.39 is 78.9 Å². The second kappa shape index (κ2) is 19.5. The molecule has 1 rings (SSSR count). The van der Waals surface area contributed by atoms with Crippen LogP contribution in [-0.4, -0.2) is 112 Å². The minimum absolute atomic E-state index is 0.0461.